The van der Waals surface area contributed by atoms with Crippen LogP contribution in [0.25, 0.3) is 0 Å². The van der Waals surface area contributed by atoms with Crippen LogP contribution < -0.4 is 5.32 Å². The number of amides is 1. The average molecular weight is 414 g/mol. The van der Waals surface area contributed by atoms with Gasteiger partial charge < -0.3 is 5.32 Å². The summed E-state index contributed by atoms with van der Waals surface area (Å²) in [5.74, 6) is 0.0893. The van der Waals surface area contributed by atoms with Gasteiger partial charge in [-0.1, -0.05) is 12.1 Å². The number of pyridine rings is 1. The fourth-order valence-electron chi connectivity index (χ4n) is 4.29. The molecule has 1 unspecified atom stereocenters. The molecule has 1 atom stereocenters. The van der Waals surface area contributed by atoms with Gasteiger partial charge in [-0.05, 0) is 73.2 Å². The number of hydrogen-bond acceptors (Lipinski definition) is 5. The van der Waals surface area contributed by atoms with Gasteiger partial charge in [-0.3, -0.25) is 14.7 Å². The Morgan fingerprint density at radius 2 is 1.76 bits per heavy atom. The van der Waals surface area contributed by atoms with Gasteiger partial charge in [-0.15, -0.1) is 0 Å². The van der Waals surface area contributed by atoms with E-state index in [0.29, 0.717) is 17.4 Å². The van der Waals surface area contributed by atoms with Crippen molar-refractivity contribution in [3.63, 3.8) is 0 Å². The Morgan fingerprint density at radius 1 is 1.10 bits per heavy atom. The largest absolute Gasteiger partial charge is 0.353 e. The third kappa shape index (κ3) is 4.85. The average Bonchev–Trinajstić information content (AvgIpc) is 3.35. The van der Waals surface area contributed by atoms with Crippen LogP contribution in [0.4, 0.5) is 0 Å². The van der Waals surface area contributed by atoms with Gasteiger partial charge >= 0.3 is 0 Å². The molecule has 2 aromatic rings. The van der Waals surface area contributed by atoms with Gasteiger partial charge in [0.1, 0.15) is 0 Å². The molecule has 0 bridgehead atoms. The molecule has 2 heterocycles. The van der Waals surface area contributed by atoms with Crippen LogP contribution in [-0.2, 0) is 27.6 Å². The Balaban J connectivity index is 1.24. The van der Waals surface area contributed by atoms with Crippen LogP contribution in [0.1, 0.15) is 30.4 Å². The second-order valence-corrected chi connectivity index (χ2v) is 10.4. The van der Waals surface area contributed by atoms with Crippen molar-refractivity contribution in [1.82, 2.24) is 15.2 Å². The molecule has 1 N–H and O–H groups in total. The predicted octanol–water partition coefficient (Wildman–Crippen LogP) is 2.20. The minimum atomic E-state index is -3.15. The molecular formula is C22H27N3O3S. The summed E-state index contributed by atoms with van der Waals surface area (Å²) >= 11 is 0. The minimum absolute atomic E-state index is 0.0893. The number of nitrogens with one attached hydrogen (secondary N) is 1. The summed E-state index contributed by atoms with van der Waals surface area (Å²) in [5, 5.41) is 3.21. The molecule has 0 radical (unpaired) electrons. The molecule has 154 valence electrons. The zero-order chi connectivity index (χ0) is 20.5. The molecule has 1 amide bonds. The molecule has 1 aromatic heterocycles. The van der Waals surface area contributed by atoms with E-state index in [2.05, 4.69) is 15.2 Å². The molecule has 7 heteroatoms. The van der Waals surface area contributed by atoms with E-state index in [1.807, 2.05) is 24.3 Å². The molecule has 1 spiro atoms. The van der Waals surface area contributed by atoms with Gasteiger partial charge in [-0.2, -0.15) is 0 Å². The van der Waals surface area contributed by atoms with E-state index in [-0.39, 0.29) is 11.3 Å². The maximum absolute atomic E-state index is 12.3. The summed E-state index contributed by atoms with van der Waals surface area (Å²) in [4.78, 5) is 19.1. The first-order valence-electron chi connectivity index (χ1n) is 10.0. The second-order valence-electron chi connectivity index (χ2n) is 8.41. The number of nitrogens with zero attached hydrogens (tertiary/aromatic N) is 2. The lowest BCUT2D eigenvalue weighted by Gasteiger charge is -2.33. The van der Waals surface area contributed by atoms with Crippen LogP contribution in [0.2, 0.25) is 0 Å². The smallest absolute Gasteiger partial charge is 0.224 e. The summed E-state index contributed by atoms with van der Waals surface area (Å²) in [5.41, 5.74) is 2.39. The normalized spacial score (nSPS) is 21.1. The van der Waals surface area contributed by atoms with Gasteiger partial charge in [0.05, 0.1) is 11.3 Å². The fraction of sp³-hybridized carbons (Fsp3) is 0.455. The topological polar surface area (TPSA) is 79.4 Å². The number of carbonyl (C=O) groups excluding carboxylic acids is 1. The van der Waals surface area contributed by atoms with Gasteiger partial charge in [0.25, 0.3) is 0 Å². The summed E-state index contributed by atoms with van der Waals surface area (Å²) in [6.45, 7) is 2.84. The van der Waals surface area contributed by atoms with E-state index in [1.165, 1.54) is 6.26 Å². The molecule has 1 aromatic carbocycles. The van der Waals surface area contributed by atoms with Crippen molar-refractivity contribution in [3.8, 4) is 0 Å². The van der Waals surface area contributed by atoms with Crippen molar-refractivity contribution in [3.05, 3.63) is 59.9 Å². The number of sulfone groups is 1. The number of aromatic nitrogens is 1. The summed E-state index contributed by atoms with van der Waals surface area (Å²) in [6.07, 6.45) is 8.32. The Bertz CT molecular complexity index is 966. The van der Waals surface area contributed by atoms with Crippen molar-refractivity contribution >= 4 is 15.7 Å². The van der Waals surface area contributed by atoms with Gasteiger partial charge in [0.2, 0.25) is 5.91 Å². The van der Waals surface area contributed by atoms with E-state index in [4.69, 9.17) is 0 Å². The van der Waals surface area contributed by atoms with Gasteiger partial charge in [0, 0.05) is 31.2 Å². The van der Waals surface area contributed by atoms with E-state index in [1.54, 1.807) is 24.5 Å². The maximum Gasteiger partial charge on any atom is 0.224 e. The third-order valence-electron chi connectivity index (χ3n) is 6.25. The van der Waals surface area contributed by atoms with Crippen LogP contribution >= 0.6 is 0 Å². The Hall–Kier alpha value is -2.25. The predicted molar refractivity (Wildman–Crippen MR) is 111 cm³/mol. The highest BCUT2D eigenvalue weighted by Gasteiger charge is 2.55. The summed E-state index contributed by atoms with van der Waals surface area (Å²) in [7, 11) is -3.15. The first kappa shape index (κ1) is 20.0. The lowest BCUT2D eigenvalue weighted by atomic mass is 9.92. The molecule has 1 saturated carbocycles. The number of rotatable bonds is 6. The van der Waals surface area contributed by atoms with E-state index in [9.17, 15) is 13.2 Å². The first-order chi connectivity index (χ1) is 13.8. The van der Waals surface area contributed by atoms with Crippen molar-refractivity contribution in [1.29, 1.82) is 0 Å². The van der Waals surface area contributed by atoms with E-state index in [0.717, 1.165) is 50.0 Å². The molecule has 1 saturated heterocycles. The molecule has 1 aliphatic carbocycles. The van der Waals surface area contributed by atoms with E-state index >= 15 is 0 Å². The minimum Gasteiger partial charge on any atom is -0.353 e. The SMILES string of the molecule is CS(=O)(=O)c1ccc(CN2CCC3(CC2)CC3NC(=O)Cc2ccncc2)cc1. The monoisotopic (exact) mass is 413 g/mol. The number of piperidine rings is 1. The lowest BCUT2D eigenvalue weighted by molar-refractivity contribution is -0.120. The summed E-state index contributed by atoms with van der Waals surface area (Å²) in [6, 6.07) is 11.2. The second kappa shape index (κ2) is 7.88. The molecule has 29 heavy (non-hydrogen) atoms. The Morgan fingerprint density at radius 3 is 2.38 bits per heavy atom. The van der Waals surface area contributed by atoms with Crippen LogP contribution in [-0.4, -0.2) is 49.6 Å². The van der Waals surface area contributed by atoms with Crippen molar-refractivity contribution in [2.45, 2.75) is 43.2 Å². The highest BCUT2D eigenvalue weighted by atomic mass is 32.2. The molecule has 1 aliphatic heterocycles. The number of likely N-dealkylation sites (tertiary alicyclic amines) is 1. The lowest BCUT2D eigenvalue weighted by Crippen LogP contribution is -2.38. The molecule has 4 rings (SSSR count). The van der Waals surface area contributed by atoms with Crippen molar-refractivity contribution in [2.75, 3.05) is 19.3 Å². The zero-order valence-corrected chi connectivity index (χ0v) is 17.5. The van der Waals surface area contributed by atoms with E-state index < -0.39 is 9.84 Å². The van der Waals surface area contributed by atoms with Crippen LogP contribution in [0, 0.1) is 5.41 Å². The Kier molecular flexibility index (Phi) is 5.44. The van der Waals surface area contributed by atoms with Gasteiger partial charge in [-0.25, -0.2) is 8.42 Å². The maximum atomic E-state index is 12.3. The first-order valence-corrected chi connectivity index (χ1v) is 11.9. The standard InChI is InChI=1S/C22H27N3O3S/c1-29(27,28)19-4-2-18(3-5-19)16-25-12-8-22(9-13-25)15-20(22)24-21(26)14-17-6-10-23-11-7-17/h2-7,10-11,20H,8-9,12-16H2,1H3,(H,24,26). The van der Waals surface area contributed by atoms with Gasteiger partial charge in [0.15, 0.2) is 9.84 Å². The third-order valence-corrected chi connectivity index (χ3v) is 7.38. The highest BCUT2D eigenvalue weighted by molar-refractivity contribution is 7.90. The number of carbonyl (C=O) groups is 1. The fourth-order valence-corrected chi connectivity index (χ4v) is 4.92. The number of hydrogen-bond donors (Lipinski definition) is 1. The zero-order valence-electron chi connectivity index (χ0n) is 16.7. The Labute approximate surface area is 172 Å². The summed E-state index contributed by atoms with van der Waals surface area (Å²) < 4.78 is 23.2. The molecule has 2 aliphatic rings. The van der Waals surface area contributed by atoms with Crippen molar-refractivity contribution in [2.24, 2.45) is 5.41 Å². The number of benzene rings is 1. The van der Waals surface area contributed by atoms with Crippen LogP contribution in [0.15, 0.2) is 53.7 Å². The highest BCUT2D eigenvalue weighted by Crippen LogP contribution is 2.54. The van der Waals surface area contributed by atoms with Crippen molar-refractivity contribution < 1.29 is 13.2 Å². The molecule has 2 fully saturated rings. The van der Waals surface area contributed by atoms with Crippen LogP contribution in [0.5, 0.6) is 0 Å². The molecule has 6 nitrogen and oxygen atoms in total. The molecular weight excluding hydrogens is 386 g/mol. The quantitative estimate of drug-likeness (QED) is 0.785. The van der Waals surface area contributed by atoms with Crippen LogP contribution in [0.3, 0.4) is 0 Å².